The summed E-state index contributed by atoms with van der Waals surface area (Å²) in [5.41, 5.74) is 4.18. The third-order valence-corrected chi connectivity index (χ3v) is 4.99. The first-order valence-corrected chi connectivity index (χ1v) is 10.2. The van der Waals surface area contributed by atoms with Gasteiger partial charge in [-0.25, -0.2) is 4.79 Å². The van der Waals surface area contributed by atoms with Gasteiger partial charge in [0, 0.05) is 18.0 Å². The van der Waals surface area contributed by atoms with E-state index < -0.39 is 17.8 Å². The average Bonchev–Trinajstić information content (AvgIpc) is 2.73. The lowest BCUT2D eigenvalue weighted by atomic mass is 9.95. The van der Waals surface area contributed by atoms with E-state index in [1.165, 1.54) is 11.8 Å². The quantitative estimate of drug-likeness (QED) is 0.466. The predicted octanol–water partition coefficient (Wildman–Crippen LogP) is 7.10. The van der Waals surface area contributed by atoms with Gasteiger partial charge in [-0.1, -0.05) is 39.8 Å². The molecule has 32 heavy (non-hydrogen) atoms. The zero-order valence-corrected chi connectivity index (χ0v) is 18.7. The third-order valence-electron chi connectivity index (χ3n) is 4.99. The van der Waals surface area contributed by atoms with E-state index in [1.54, 1.807) is 30.5 Å². The van der Waals surface area contributed by atoms with Crippen molar-refractivity contribution in [1.82, 2.24) is 9.97 Å². The monoisotopic (exact) mass is 444 g/mol. The minimum Gasteiger partial charge on any atom is -0.478 e. The second-order valence-corrected chi connectivity index (χ2v) is 8.04. The molecule has 4 nitrogen and oxygen atoms in total. The van der Waals surface area contributed by atoms with Crippen molar-refractivity contribution < 1.29 is 23.1 Å². The Morgan fingerprint density at radius 3 is 2.16 bits per heavy atom. The number of alkyl halides is 3. The molecule has 0 fully saturated rings. The van der Waals surface area contributed by atoms with E-state index in [0.29, 0.717) is 11.5 Å². The van der Waals surface area contributed by atoms with E-state index >= 15 is 0 Å². The number of halogens is 3. The van der Waals surface area contributed by atoms with E-state index in [0.717, 1.165) is 22.9 Å². The number of carbonyl (C=O) groups is 1. The summed E-state index contributed by atoms with van der Waals surface area (Å²) in [4.78, 5) is 18.7. The highest BCUT2D eigenvalue weighted by atomic mass is 19.4. The number of nitrogens with zero attached hydrogens (tertiary/aromatic N) is 2. The molecule has 0 spiro atoms. The molecule has 1 N–H and O–H groups in total. The molecule has 0 saturated carbocycles. The maximum Gasteiger partial charge on any atom is 0.433 e. The van der Waals surface area contributed by atoms with Crippen LogP contribution >= 0.6 is 0 Å². The molecule has 0 atom stereocenters. The summed E-state index contributed by atoms with van der Waals surface area (Å²) in [5, 5.41) is 9.05. The van der Waals surface area contributed by atoms with Gasteiger partial charge >= 0.3 is 12.1 Å². The van der Waals surface area contributed by atoms with Crippen LogP contribution in [0.1, 0.15) is 72.3 Å². The third kappa shape index (κ3) is 6.39. The first kappa shape index (κ1) is 25.0. The number of aromatic nitrogens is 2. The highest BCUT2D eigenvalue weighted by Crippen LogP contribution is 2.29. The molecule has 0 aliphatic heterocycles. The van der Waals surface area contributed by atoms with Crippen molar-refractivity contribution in [3.63, 3.8) is 0 Å². The molecule has 7 heteroatoms. The number of rotatable bonds is 4. The molecule has 0 bridgehead atoms. The highest BCUT2D eigenvalue weighted by molar-refractivity contribution is 5.89. The van der Waals surface area contributed by atoms with Crippen molar-refractivity contribution in [2.75, 3.05) is 0 Å². The van der Waals surface area contributed by atoms with Crippen LogP contribution in [0.4, 0.5) is 13.2 Å². The van der Waals surface area contributed by atoms with Gasteiger partial charge in [0.2, 0.25) is 0 Å². The first-order valence-electron chi connectivity index (χ1n) is 10.2. The number of carboxylic acid groups (broad SMARTS) is 1. The number of hydrogen-bond acceptors (Lipinski definition) is 3. The Morgan fingerprint density at radius 2 is 1.59 bits per heavy atom. The largest absolute Gasteiger partial charge is 0.478 e. The fourth-order valence-electron chi connectivity index (χ4n) is 3.23. The Hall–Kier alpha value is -3.22. The Balaban J connectivity index is 0.000000244. The van der Waals surface area contributed by atoms with Crippen LogP contribution in [-0.4, -0.2) is 21.0 Å². The summed E-state index contributed by atoms with van der Waals surface area (Å²) >= 11 is 0. The second-order valence-electron chi connectivity index (χ2n) is 8.04. The number of aromatic carboxylic acids is 1. The molecule has 0 amide bonds. The molecule has 3 rings (SSSR count). The van der Waals surface area contributed by atoms with Gasteiger partial charge in [0.25, 0.3) is 0 Å². The van der Waals surface area contributed by atoms with Crippen LogP contribution in [0.3, 0.4) is 0 Å². The van der Waals surface area contributed by atoms with Crippen LogP contribution < -0.4 is 0 Å². The lowest BCUT2D eigenvalue weighted by molar-refractivity contribution is -0.141. The van der Waals surface area contributed by atoms with Crippen LogP contribution in [0.2, 0.25) is 0 Å². The molecular weight excluding hydrogens is 417 g/mol. The Bertz CT molecular complexity index is 1080. The van der Waals surface area contributed by atoms with E-state index in [2.05, 4.69) is 23.8 Å². The van der Waals surface area contributed by atoms with Crippen molar-refractivity contribution in [2.45, 2.75) is 52.6 Å². The van der Waals surface area contributed by atoms with Crippen LogP contribution in [-0.2, 0) is 6.18 Å². The molecular formula is C25H27F3N2O2. The van der Waals surface area contributed by atoms with E-state index in [1.807, 2.05) is 32.9 Å². The topological polar surface area (TPSA) is 63.1 Å². The molecule has 3 aromatic rings. The van der Waals surface area contributed by atoms with E-state index in [4.69, 9.17) is 5.11 Å². The molecule has 0 unspecified atom stereocenters. The van der Waals surface area contributed by atoms with Crippen molar-refractivity contribution in [3.05, 3.63) is 82.8 Å². The standard InChI is InChI=1S/C16H17NO2.C9H10F3N/c1-10(2)14-7-8-17-15(11(14)3)12-5-4-6-13(9-12)16(18)19;1-6(2)7-3-4-13-8(5-7)9(10,11)12/h4-10H,1-3H3,(H,18,19);3-6H,1-2H3. The van der Waals surface area contributed by atoms with Gasteiger partial charge in [-0.3, -0.25) is 9.97 Å². The Labute approximate surface area is 186 Å². The van der Waals surface area contributed by atoms with Gasteiger partial charge in [0.05, 0.1) is 11.3 Å². The maximum atomic E-state index is 12.2. The van der Waals surface area contributed by atoms with Crippen LogP contribution in [0, 0.1) is 6.92 Å². The molecule has 0 radical (unpaired) electrons. The normalized spacial score (nSPS) is 11.3. The van der Waals surface area contributed by atoms with Crippen LogP contribution in [0.15, 0.2) is 54.9 Å². The fourth-order valence-corrected chi connectivity index (χ4v) is 3.23. The lowest BCUT2D eigenvalue weighted by Crippen LogP contribution is -2.08. The molecule has 0 aliphatic carbocycles. The zero-order chi connectivity index (χ0) is 24.1. The van der Waals surface area contributed by atoms with Crippen molar-refractivity contribution in [1.29, 1.82) is 0 Å². The number of hydrogen-bond donors (Lipinski definition) is 1. The minimum absolute atomic E-state index is 0.0871. The second kappa shape index (κ2) is 10.4. The van der Waals surface area contributed by atoms with Crippen LogP contribution in [0.25, 0.3) is 11.3 Å². The lowest BCUT2D eigenvalue weighted by Gasteiger charge is -2.13. The predicted molar refractivity (Wildman–Crippen MR) is 119 cm³/mol. The van der Waals surface area contributed by atoms with Gasteiger partial charge in [0.15, 0.2) is 0 Å². The summed E-state index contributed by atoms with van der Waals surface area (Å²) < 4.78 is 36.5. The molecule has 170 valence electrons. The Morgan fingerprint density at radius 1 is 0.938 bits per heavy atom. The van der Waals surface area contributed by atoms with Crippen molar-refractivity contribution in [3.8, 4) is 11.3 Å². The van der Waals surface area contributed by atoms with Gasteiger partial charge in [-0.2, -0.15) is 13.2 Å². The number of carboxylic acids is 1. The molecule has 2 heterocycles. The van der Waals surface area contributed by atoms with E-state index in [9.17, 15) is 18.0 Å². The fraction of sp³-hybridized carbons (Fsp3) is 0.320. The minimum atomic E-state index is -4.34. The number of pyridine rings is 2. The van der Waals surface area contributed by atoms with Crippen molar-refractivity contribution in [2.24, 2.45) is 0 Å². The summed E-state index contributed by atoms with van der Waals surface area (Å²) in [7, 11) is 0. The summed E-state index contributed by atoms with van der Waals surface area (Å²) in [6, 6.07) is 11.6. The van der Waals surface area contributed by atoms with Gasteiger partial charge in [-0.05, 0) is 65.8 Å². The maximum absolute atomic E-state index is 12.2. The highest BCUT2D eigenvalue weighted by Gasteiger charge is 2.32. The molecule has 0 saturated heterocycles. The first-order chi connectivity index (χ1) is 14.9. The van der Waals surface area contributed by atoms with Crippen molar-refractivity contribution >= 4 is 5.97 Å². The van der Waals surface area contributed by atoms with Crippen LogP contribution in [0.5, 0.6) is 0 Å². The molecule has 0 aliphatic rings. The summed E-state index contributed by atoms with van der Waals surface area (Å²) in [6.45, 7) is 10.00. The SMILES string of the molecule is CC(C)c1ccnc(C(F)(F)F)c1.Cc1c(C(C)C)ccnc1-c1cccc(C(=O)O)c1. The zero-order valence-electron chi connectivity index (χ0n) is 18.7. The molecule has 2 aromatic heterocycles. The summed E-state index contributed by atoms with van der Waals surface area (Å²) in [5.74, 6) is -0.409. The molecule has 1 aromatic carbocycles. The smallest absolute Gasteiger partial charge is 0.433 e. The van der Waals surface area contributed by atoms with Gasteiger partial charge in [0.1, 0.15) is 5.69 Å². The summed E-state index contributed by atoms with van der Waals surface area (Å²) in [6.07, 6.45) is -1.37. The van der Waals surface area contributed by atoms with E-state index in [-0.39, 0.29) is 11.5 Å². The average molecular weight is 444 g/mol. The number of benzene rings is 1. The van der Waals surface area contributed by atoms with Gasteiger partial charge in [-0.15, -0.1) is 0 Å². The Kier molecular flexibility index (Phi) is 8.14. The van der Waals surface area contributed by atoms with Gasteiger partial charge < -0.3 is 5.11 Å².